The Hall–Kier alpha value is -6.56. The van der Waals surface area contributed by atoms with E-state index >= 15 is 0 Å². The van der Waals surface area contributed by atoms with Crippen LogP contribution in [-0.2, 0) is 49.8 Å². The summed E-state index contributed by atoms with van der Waals surface area (Å²) in [4.78, 5) is 132. The number of H-pyrrole nitrogens is 4. The number of aliphatic carboxylic acids is 4. The molecular weight excluding hydrogens is 1170 g/mol. The molecule has 1 saturated carbocycles. The molecule has 32 heteroatoms. The van der Waals surface area contributed by atoms with Gasteiger partial charge in [0, 0.05) is 87.4 Å². The monoisotopic (exact) mass is 1220 g/mol. The predicted octanol–water partition coefficient (Wildman–Crippen LogP) is -0.509. The maximum atomic E-state index is 12.9. The van der Waals surface area contributed by atoms with Crippen molar-refractivity contribution in [2.75, 3.05) is 41.0 Å². The van der Waals surface area contributed by atoms with Crippen molar-refractivity contribution >= 4 is 97.1 Å². The van der Waals surface area contributed by atoms with Crippen LogP contribution in [0.2, 0.25) is 0 Å². The van der Waals surface area contributed by atoms with Crippen LogP contribution in [0.1, 0.15) is 68.0 Å². The van der Waals surface area contributed by atoms with E-state index in [2.05, 4.69) is 30.9 Å². The SMILES string of the molecule is Nc1nc2c(c(=O)[nH]1)N(C=O)C(CNc1ccc(C(=O)N[C@@H](CCC(=O)O)C(=O)O)cc1)CN2.O=C(O)C(=O)O.O=c1[nH]c(=O)n(C2CCCO2)cc1F.O=c1cc[nH]c(=O)[nH]1.[Ca].[NH-][C@@H]1CCCC[C@H]1[NH-].[Pt+2]. The third-order valence-corrected chi connectivity index (χ3v) is 9.90. The first kappa shape index (κ1) is 63.5. The molecule has 2 radical (unpaired) electrons. The molecule has 15 N–H and O–H groups in total. The molecule has 1 aliphatic carbocycles. The van der Waals surface area contributed by atoms with Gasteiger partial charge in [0.2, 0.25) is 18.2 Å². The number of ether oxygens (including phenoxy) is 1. The zero-order valence-corrected chi connectivity index (χ0v) is 42.3. The molecule has 2 unspecified atom stereocenters. The number of hydrogen-bond acceptors (Lipinski definition) is 16. The van der Waals surface area contributed by atoms with Crippen molar-refractivity contribution in [1.82, 2.24) is 34.8 Å². The van der Waals surface area contributed by atoms with Crippen molar-refractivity contribution in [3.63, 3.8) is 0 Å². The minimum Gasteiger partial charge on any atom is -0.676 e. The fourth-order valence-corrected chi connectivity index (χ4v) is 6.36. The Morgan fingerprint density at radius 3 is 2.01 bits per heavy atom. The van der Waals surface area contributed by atoms with Gasteiger partial charge in [-0.25, -0.2) is 24.0 Å². The molecule has 0 bridgehead atoms. The first-order valence-electron chi connectivity index (χ1n) is 20.9. The molecule has 2 aliphatic heterocycles. The molecular formula is C40H50CaFN13O16Pt. The van der Waals surface area contributed by atoms with E-state index in [1.807, 2.05) is 9.97 Å². The second-order valence-electron chi connectivity index (χ2n) is 15.0. The van der Waals surface area contributed by atoms with Crippen molar-refractivity contribution < 1.29 is 79.4 Å². The Labute approximate surface area is 448 Å². The number of amides is 2. The smallest absolute Gasteiger partial charge is 0.676 e. The van der Waals surface area contributed by atoms with Gasteiger partial charge in [-0.1, -0.05) is 25.7 Å². The number of hydrogen-bond donors (Lipinski definition) is 12. The van der Waals surface area contributed by atoms with Crippen molar-refractivity contribution in [3.8, 4) is 0 Å². The van der Waals surface area contributed by atoms with Crippen LogP contribution in [0.25, 0.3) is 11.5 Å². The number of aromatic amines is 4. The summed E-state index contributed by atoms with van der Waals surface area (Å²) < 4.78 is 19.1. The van der Waals surface area contributed by atoms with E-state index in [0.717, 1.165) is 30.0 Å². The zero-order valence-electron chi connectivity index (χ0n) is 37.8. The summed E-state index contributed by atoms with van der Waals surface area (Å²) in [6, 6.07) is 5.44. The van der Waals surface area contributed by atoms with Crippen LogP contribution in [0.3, 0.4) is 0 Å². The fourth-order valence-electron chi connectivity index (χ4n) is 6.36. The van der Waals surface area contributed by atoms with E-state index in [1.54, 1.807) is 12.1 Å². The van der Waals surface area contributed by atoms with Crippen molar-refractivity contribution in [3.05, 3.63) is 118 Å². The summed E-state index contributed by atoms with van der Waals surface area (Å²) in [7, 11) is 0. The topological polar surface area (TPSA) is 472 Å². The maximum Gasteiger partial charge on any atom is 2.00 e. The number of carboxylic acid groups (broad SMARTS) is 4. The Balaban J connectivity index is 0.000000551. The molecule has 5 atom stereocenters. The predicted molar refractivity (Wildman–Crippen MR) is 250 cm³/mol. The van der Waals surface area contributed by atoms with Gasteiger partial charge in [0.05, 0.1) is 12.2 Å². The molecule has 3 aromatic heterocycles. The summed E-state index contributed by atoms with van der Waals surface area (Å²) in [6.07, 6.45) is 7.36. The number of anilines is 4. The molecule has 7 rings (SSSR count). The number of carboxylic acids is 4. The number of nitrogens with one attached hydrogen (secondary N) is 9. The van der Waals surface area contributed by atoms with Crippen molar-refractivity contribution in [2.24, 2.45) is 0 Å². The Morgan fingerprint density at radius 2 is 1.53 bits per heavy atom. The van der Waals surface area contributed by atoms with Crippen LogP contribution in [-0.4, -0.2) is 168 Å². The van der Waals surface area contributed by atoms with Gasteiger partial charge in [0.1, 0.15) is 12.3 Å². The molecule has 2 amide bonds. The molecule has 0 spiro atoms. The number of halogens is 1. The minimum atomic E-state index is -1.82. The largest absolute Gasteiger partial charge is 2.00 e. The van der Waals surface area contributed by atoms with Gasteiger partial charge in [-0.05, 0) is 43.5 Å². The van der Waals surface area contributed by atoms with E-state index in [0.29, 0.717) is 31.7 Å². The van der Waals surface area contributed by atoms with E-state index in [1.165, 1.54) is 42.1 Å². The standard InChI is InChI=1S/C20H23N7O7.C8H9FN2O3.C6H12N2.C4H4N2O2.C2H2O4.Ca.Pt/c21-20-25-16-15(18(32)26-20)27(9-28)12(8-23-16)7-22-11-3-1-10(2-4-11)17(31)24-13(19(33)34)5-6-14(29)30;9-5-4-11(6-2-1-3-14-6)8(13)10-7(5)12;7-5-3-1-2-4-6(5)8;7-3-1-2-5-4(8)6-3;3-1(4)2(5)6;;/h1-4,9,12-13,22H,5-8H2,(H,24,31)(H,29,30)(H,33,34)(H4,21,23,25,26,32);4,6H,1-3H2,(H,10,12,13);5-8H,1-4H2;1-2H,(H2,5,6,7,8);(H,3,4)(H,5,6);;/q;;-2;;;;+2/t12?,13-;;5-,6-;;;;/m0.1..../s1. The second kappa shape index (κ2) is 31.7. The number of carbonyl (C=O) groups is 6. The van der Waals surface area contributed by atoms with Gasteiger partial charge in [0.25, 0.3) is 22.6 Å². The minimum absolute atomic E-state index is 0. The summed E-state index contributed by atoms with van der Waals surface area (Å²) >= 11 is 0. The molecule has 390 valence electrons. The summed E-state index contributed by atoms with van der Waals surface area (Å²) in [6.45, 7) is 1.12. The Morgan fingerprint density at radius 1 is 0.903 bits per heavy atom. The van der Waals surface area contributed by atoms with Crippen LogP contribution >= 0.6 is 0 Å². The van der Waals surface area contributed by atoms with Gasteiger partial charge >= 0.3 is 56.3 Å². The maximum absolute atomic E-state index is 12.9. The Bertz CT molecular complexity index is 2700. The number of benzene rings is 1. The number of nitrogens with two attached hydrogens (primary N) is 1. The second-order valence-corrected chi connectivity index (χ2v) is 15.0. The molecule has 29 nitrogen and oxygen atoms in total. The van der Waals surface area contributed by atoms with Gasteiger partial charge in [-0.15, -0.1) is 0 Å². The third kappa shape index (κ3) is 21.0. The van der Waals surface area contributed by atoms with E-state index in [9.17, 15) is 52.6 Å². The first-order chi connectivity index (χ1) is 33.1. The number of rotatable bonds is 11. The quantitative estimate of drug-likeness (QED) is 0.0511. The van der Waals surface area contributed by atoms with Crippen LogP contribution in [0.4, 0.5) is 27.5 Å². The van der Waals surface area contributed by atoms with Crippen molar-refractivity contribution in [1.29, 1.82) is 0 Å². The van der Waals surface area contributed by atoms with Gasteiger partial charge in [0.15, 0.2) is 11.5 Å². The number of aromatic nitrogens is 6. The van der Waals surface area contributed by atoms with E-state index in [-0.39, 0.29) is 112 Å². The van der Waals surface area contributed by atoms with Gasteiger partial charge in [-0.2, -0.15) is 21.5 Å². The molecule has 3 aliphatic rings. The molecule has 4 aromatic rings. The summed E-state index contributed by atoms with van der Waals surface area (Å²) in [5, 5.41) is 41.0. The fraction of sp³-hybridized carbons (Fsp3) is 0.400. The van der Waals surface area contributed by atoms with E-state index < -0.39 is 82.8 Å². The van der Waals surface area contributed by atoms with Crippen LogP contribution in [0, 0.1) is 5.82 Å². The molecule has 2 fully saturated rings. The van der Waals surface area contributed by atoms with Crippen LogP contribution in [0.5, 0.6) is 0 Å². The summed E-state index contributed by atoms with van der Waals surface area (Å²) in [5.41, 5.74) is 17.9. The van der Waals surface area contributed by atoms with Gasteiger partial charge < -0.3 is 68.2 Å². The van der Waals surface area contributed by atoms with Crippen LogP contribution < -0.4 is 54.6 Å². The molecule has 5 heterocycles. The number of nitrogens with zero attached hydrogens (tertiary/aromatic N) is 3. The Kier molecular flexibility index (Phi) is 27.9. The number of nitrogen functional groups attached to an aromatic ring is 1. The third-order valence-electron chi connectivity index (χ3n) is 9.90. The van der Waals surface area contributed by atoms with Gasteiger partial charge in [-0.3, -0.25) is 48.3 Å². The molecule has 1 aromatic carbocycles. The number of carbonyl (C=O) groups excluding carboxylic acids is 2. The van der Waals surface area contributed by atoms with Crippen molar-refractivity contribution in [2.45, 2.75) is 81.8 Å². The molecule has 72 heavy (non-hydrogen) atoms. The number of fused-ring (bicyclic) bond motifs is 1. The van der Waals surface area contributed by atoms with E-state index in [4.69, 9.17) is 46.8 Å². The zero-order chi connectivity index (χ0) is 52.1. The average molecular weight is 1220 g/mol. The van der Waals surface area contributed by atoms with Crippen LogP contribution in [0.15, 0.2) is 66.7 Å². The average Bonchev–Trinajstić information content (AvgIpc) is 3.85. The normalized spacial score (nSPS) is 17.5. The summed E-state index contributed by atoms with van der Waals surface area (Å²) in [5.74, 6) is -7.62. The first-order valence-corrected chi connectivity index (χ1v) is 20.9. The molecule has 1 saturated heterocycles.